The van der Waals surface area contributed by atoms with Crippen molar-refractivity contribution in [1.82, 2.24) is 10.2 Å². The first kappa shape index (κ1) is 15.2. The van der Waals surface area contributed by atoms with Gasteiger partial charge in [0.1, 0.15) is 0 Å². The van der Waals surface area contributed by atoms with Crippen LogP contribution in [0.4, 0.5) is 0 Å². The highest BCUT2D eigenvalue weighted by molar-refractivity contribution is 6.38. The van der Waals surface area contributed by atoms with Gasteiger partial charge in [-0.05, 0) is 32.0 Å². The predicted octanol–water partition coefficient (Wildman–Crippen LogP) is 2.23. The molecule has 0 atom stereocenters. The predicted molar refractivity (Wildman–Crippen MR) is 77.8 cm³/mol. The number of carbonyl (C=O) groups is 1. The average Bonchev–Trinajstić information content (AvgIpc) is 2.93. The molecule has 0 saturated carbocycles. The Kier molecular flexibility index (Phi) is 4.96. The van der Waals surface area contributed by atoms with Gasteiger partial charge in [-0.3, -0.25) is 4.79 Å². The number of carbonyl (C=O) groups excluding carboxylic acids is 1. The summed E-state index contributed by atoms with van der Waals surface area (Å²) in [6.07, 6.45) is 2.39. The average molecular weight is 319 g/mol. The first-order chi connectivity index (χ1) is 9.50. The fourth-order valence-corrected chi connectivity index (χ4v) is 2.63. The number of phenols is 2. The highest BCUT2D eigenvalue weighted by Crippen LogP contribution is 2.41. The monoisotopic (exact) mass is 318 g/mol. The summed E-state index contributed by atoms with van der Waals surface area (Å²) in [4.78, 5) is 14.3. The Balaban J connectivity index is 1.98. The quantitative estimate of drug-likeness (QED) is 0.744. The Morgan fingerprint density at radius 1 is 1.25 bits per heavy atom. The molecule has 0 aromatic heterocycles. The summed E-state index contributed by atoms with van der Waals surface area (Å²) >= 11 is 11.5. The number of amides is 1. The van der Waals surface area contributed by atoms with Gasteiger partial charge in [0.25, 0.3) is 5.91 Å². The maximum Gasteiger partial charge on any atom is 0.253 e. The number of phenolic OH excluding ortho intramolecular Hbond substituents is 2. The normalized spacial score (nSPS) is 15.5. The molecular weight excluding hydrogens is 303 g/mol. The lowest BCUT2D eigenvalue weighted by molar-refractivity contribution is 0.0949. The molecule has 1 fully saturated rings. The van der Waals surface area contributed by atoms with Crippen molar-refractivity contribution < 1.29 is 15.0 Å². The van der Waals surface area contributed by atoms with E-state index < -0.39 is 17.4 Å². The minimum absolute atomic E-state index is 0.0494. The van der Waals surface area contributed by atoms with Crippen LogP contribution in [0.1, 0.15) is 23.2 Å². The molecule has 1 aromatic rings. The maximum absolute atomic E-state index is 12.0. The third-order valence-corrected chi connectivity index (χ3v) is 3.99. The van der Waals surface area contributed by atoms with Crippen molar-refractivity contribution >= 4 is 29.1 Å². The molecule has 7 heteroatoms. The van der Waals surface area contributed by atoms with Crippen LogP contribution in [0.5, 0.6) is 11.5 Å². The molecule has 0 radical (unpaired) electrons. The number of aromatic hydroxyl groups is 2. The topological polar surface area (TPSA) is 72.8 Å². The molecule has 5 nitrogen and oxygen atoms in total. The Hall–Kier alpha value is -1.17. The number of nitrogens with zero attached hydrogens (tertiary/aromatic N) is 1. The van der Waals surface area contributed by atoms with Crippen LogP contribution in [0, 0.1) is 0 Å². The SMILES string of the molecule is O=C(NCCN1CCCC1)c1cc(Cl)c(O)c(O)c1Cl. The number of likely N-dealkylation sites (tertiary alicyclic amines) is 1. The summed E-state index contributed by atoms with van der Waals surface area (Å²) in [7, 11) is 0. The smallest absolute Gasteiger partial charge is 0.253 e. The van der Waals surface area contributed by atoms with Crippen LogP contribution in [-0.2, 0) is 0 Å². The standard InChI is InChI=1S/C13H16Cl2N2O3/c14-9-7-8(10(15)12(19)11(9)18)13(20)16-3-6-17-4-1-2-5-17/h7,18-19H,1-6H2,(H,16,20). The molecule has 0 unspecified atom stereocenters. The zero-order chi connectivity index (χ0) is 14.7. The second-order valence-electron chi connectivity index (χ2n) is 4.72. The molecule has 20 heavy (non-hydrogen) atoms. The highest BCUT2D eigenvalue weighted by Gasteiger charge is 2.19. The lowest BCUT2D eigenvalue weighted by Crippen LogP contribution is -2.33. The van der Waals surface area contributed by atoms with Crippen LogP contribution >= 0.6 is 23.2 Å². The Morgan fingerprint density at radius 3 is 2.55 bits per heavy atom. The van der Waals surface area contributed by atoms with Crippen molar-refractivity contribution in [2.45, 2.75) is 12.8 Å². The van der Waals surface area contributed by atoms with Gasteiger partial charge in [-0.1, -0.05) is 23.2 Å². The van der Waals surface area contributed by atoms with Gasteiger partial charge >= 0.3 is 0 Å². The van der Waals surface area contributed by atoms with Crippen molar-refractivity contribution in [3.63, 3.8) is 0 Å². The Labute approximate surface area is 127 Å². The van der Waals surface area contributed by atoms with Gasteiger partial charge in [-0.2, -0.15) is 0 Å². The fourth-order valence-electron chi connectivity index (χ4n) is 2.20. The van der Waals surface area contributed by atoms with Crippen LogP contribution in [0.3, 0.4) is 0 Å². The molecule has 2 rings (SSSR count). The van der Waals surface area contributed by atoms with Crippen molar-refractivity contribution in [2.75, 3.05) is 26.2 Å². The second-order valence-corrected chi connectivity index (χ2v) is 5.51. The molecule has 1 aliphatic rings. The summed E-state index contributed by atoms with van der Waals surface area (Å²) in [6, 6.07) is 1.24. The highest BCUT2D eigenvalue weighted by atomic mass is 35.5. The molecule has 0 bridgehead atoms. The van der Waals surface area contributed by atoms with E-state index in [2.05, 4.69) is 10.2 Å². The fraction of sp³-hybridized carbons (Fsp3) is 0.462. The number of benzene rings is 1. The van der Waals surface area contributed by atoms with E-state index in [1.165, 1.54) is 18.9 Å². The van der Waals surface area contributed by atoms with Gasteiger partial charge in [0.15, 0.2) is 11.5 Å². The lowest BCUT2D eigenvalue weighted by atomic mass is 10.2. The number of hydrogen-bond donors (Lipinski definition) is 3. The maximum atomic E-state index is 12.0. The van der Waals surface area contributed by atoms with Gasteiger partial charge in [0.2, 0.25) is 0 Å². The van der Waals surface area contributed by atoms with E-state index in [0.29, 0.717) is 6.54 Å². The molecule has 1 amide bonds. The first-order valence-corrected chi connectivity index (χ1v) is 7.16. The summed E-state index contributed by atoms with van der Waals surface area (Å²) in [5.74, 6) is -1.53. The second kappa shape index (κ2) is 6.52. The summed E-state index contributed by atoms with van der Waals surface area (Å²) in [6.45, 7) is 3.39. The van der Waals surface area contributed by atoms with Gasteiger partial charge in [-0.15, -0.1) is 0 Å². The molecule has 1 heterocycles. The third kappa shape index (κ3) is 3.29. The van der Waals surface area contributed by atoms with E-state index in [1.807, 2.05) is 0 Å². The summed E-state index contributed by atoms with van der Waals surface area (Å²) in [5.41, 5.74) is 0.0494. The van der Waals surface area contributed by atoms with Crippen molar-refractivity contribution in [3.8, 4) is 11.5 Å². The number of halogens is 2. The van der Waals surface area contributed by atoms with Crippen molar-refractivity contribution in [2.24, 2.45) is 0 Å². The number of nitrogens with one attached hydrogen (secondary N) is 1. The van der Waals surface area contributed by atoms with Gasteiger partial charge < -0.3 is 20.4 Å². The minimum atomic E-state index is -0.580. The molecular formula is C13H16Cl2N2O3. The molecule has 1 saturated heterocycles. The summed E-state index contributed by atoms with van der Waals surface area (Å²) in [5, 5.41) is 21.4. The molecule has 1 aromatic carbocycles. The van der Waals surface area contributed by atoms with Gasteiger partial charge in [0.05, 0.1) is 15.6 Å². The number of rotatable bonds is 4. The van der Waals surface area contributed by atoms with E-state index in [0.717, 1.165) is 19.6 Å². The molecule has 0 spiro atoms. The molecule has 3 N–H and O–H groups in total. The van der Waals surface area contributed by atoms with Crippen molar-refractivity contribution in [1.29, 1.82) is 0 Å². The minimum Gasteiger partial charge on any atom is -0.503 e. The van der Waals surface area contributed by atoms with Crippen LogP contribution < -0.4 is 5.32 Å². The van der Waals surface area contributed by atoms with Crippen LogP contribution in [0.2, 0.25) is 10.0 Å². The zero-order valence-electron chi connectivity index (χ0n) is 10.8. The summed E-state index contributed by atoms with van der Waals surface area (Å²) < 4.78 is 0. The molecule has 0 aliphatic carbocycles. The molecule has 1 aliphatic heterocycles. The Morgan fingerprint density at radius 2 is 1.90 bits per heavy atom. The van der Waals surface area contributed by atoms with E-state index >= 15 is 0 Å². The van der Waals surface area contributed by atoms with E-state index in [-0.39, 0.29) is 15.6 Å². The number of hydrogen-bond acceptors (Lipinski definition) is 4. The van der Waals surface area contributed by atoms with Crippen LogP contribution in [0.25, 0.3) is 0 Å². The third-order valence-electron chi connectivity index (χ3n) is 3.32. The van der Waals surface area contributed by atoms with Gasteiger partial charge in [-0.25, -0.2) is 0 Å². The zero-order valence-corrected chi connectivity index (χ0v) is 12.3. The van der Waals surface area contributed by atoms with Crippen LogP contribution in [-0.4, -0.2) is 47.2 Å². The van der Waals surface area contributed by atoms with E-state index in [9.17, 15) is 15.0 Å². The Bertz CT molecular complexity index is 517. The van der Waals surface area contributed by atoms with Crippen LogP contribution in [0.15, 0.2) is 6.07 Å². The largest absolute Gasteiger partial charge is 0.503 e. The van der Waals surface area contributed by atoms with Gasteiger partial charge in [0, 0.05) is 13.1 Å². The van der Waals surface area contributed by atoms with E-state index in [4.69, 9.17) is 23.2 Å². The van der Waals surface area contributed by atoms with E-state index in [1.54, 1.807) is 0 Å². The molecule has 110 valence electrons. The first-order valence-electron chi connectivity index (χ1n) is 6.41. The lowest BCUT2D eigenvalue weighted by Gasteiger charge is -2.15. The van der Waals surface area contributed by atoms with Crippen molar-refractivity contribution in [3.05, 3.63) is 21.7 Å².